The molecular formula is C52H64O10. The van der Waals surface area contributed by atoms with Gasteiger partial charge in [-0.2, -0.15) is 0 Å². The van der Waals surface area contributed by atoms with Crippen LogP contribution in [-0.4, -0.2) is 45.3 Å². The summed E-state index contributed by atoms with van der Waals surface area (Å²) in [5.41, 5.74) is 0.347. The lowest BCUT2D eigenvalue weighted by Crippen LogP contribution is -2.44. The van der Waals surface area contributed by atoms with E-state index in [4.69, 9.17) is 18.9 Å². The molecule has 0 radical (unpaired) electrons. The van der Waals surface area contributed by atoms with E-state index in [2.05, 4.69) is 24.3 Å². The lowest BCUT2D eigenvalue weighted by atomic mass is 9.72. The van der Waals surface area contributed by atoms with Crippen molar-refractivity contribution in [3.8, 4) is 23.0 Å². The second-order valence-corrected chi connectivity index (χ2v) is 19.6. The van der Waals surface area contributed by atoms with Crippen molar-refractivity contribution in [1.29, 1.82) is 0 Å². The van der Waals surface area contributed by atoms with Crippen LogP contribution in [0.1, 0.15) is 117 Å². The van der Waals surface area contributed by atoms with Gasteiger partial charge >= 0.3 is 23.9 Å². The van der Waals surface area contributed by atoms with Gasteiger partial charge in [-0.1, -0.05) is 74.5 Å². The smallest absolute Gasteiger partial charge is 0.317 e. The SMILES string of the molecule is CCC(C)(CC(C)(C)C(=O)OC1(C)Cc2ccccc2C1)C(=O)OC1(C)Cc2ccccc2C1.CCC(C)(CC(C)(C)C(=O)Oc1cccc(O)c1)C(=O)Oc1cccc(O)c1. The van der Waals surface area contributed by atoms with E-state index < -0.39 is 44.8 Å². The first-order valence-corrected chi connectivity index (χ1v) is 21.6. The summed E-state index contributed by atoms with van der Waals surface area (Å²) < 4.78 is 23.1. The summed E-state index contributed by atoms with van der Waals surface area (Å²) in [4.78, 5) is 52.3. The molecule has 2 aliphatic rings. The number of carbonyl (C=O) groups excluding carboxylic acids is 4. The number of carbonyl (C=O) groups is 4. The standard InChI is InChI=1S/C30H38O4.C22H26O6/c1-7-28(4,26(32)34-30(6)18-23-14-10-11-15-24(23)19-30)20-27(2,3)25(31)33-29(5)16-21-12-8-9-13-22(21)17-29;1-5-22(4,20(26)28-18-11-7-9-16(24)13-18)14-21(2,3)19(25)27-17-10-6-8-15(23)12-17/h8-15H,7,16-20H2,1-6H3;6-13,23-24H,5,14H2,1-4H3. The minimum absolute atomic E-state index is 0.00137. The van der Waals surface area contributed by atoms with Crippen molar-refractivity contribution < 1.29 is 48.3 Å². The van der Waals surface area contributed by atoms with Crippen molar-refractivity contribution in [3.63, 3.8) is 0 Å². The average molecular weight is 849 g/mol. The van der Waals surface area contributed by atoms with E-state index in [0.29, 0.717) is 19.3 Å². The molecule has 10 nitrogen and oxygen atoms in total. The van der Waals surface area contributed by atoms with Gasteiger partial charge in [0.05, 0.1) is 21.7 Å². The maximum absolute atomic E-state index is 13.5. The molecule has 2 N–H and O–H groups in total. The van der Waals surface area contributed by atoms with Crippen LogP contribution in [0.2, 0.25) is 0 Å². The number of esters is 4. The molecule has 10 heteroatoms. The Hall–Kier alpha value is -5.64. The van der Waals surface area contributed by atoms with Gasteiger partial charge in [0.25, 0.3) is 0 Å². The first-order chi connectivity index (χ1) is 28.9. The molecule has 0 aliphatic heterocycles. The summed E-state index contributed by atoms with van der Waals surface area (Å²) >= 11 is 0. The van der Waals surface area contributed by atoms with Crippen LogP contribution < -0.4 is 9.47 Å². The zero-order valence-electron chi connectivity index (χ0n) is 38.1. The fourth-order valence-corrected chi connectivity index (χ4v) is 8.74. The molecule has 0 heterocycles. The molecule has 4 aromatic rings. The third-order valence-electron chi connectivity index (χ3n) is 12.5. The quantitative estimate of drug-likeness (QED) is 0.0929. The summed E-state index contributed by atoms with van der Waals surface area (Å²) in [6.45, 7) is 18.7. The van der Waals surface area contributed by atoms with Gasteiger partial charge < -0.3 is 29.2 Å². The van der Waals surface area contributed by atoms with Crippen molar-refractivity contribution in [2.24, 2.45) is 21.7 Å². The van der Waals surface area contributed by atoms with E-state index in [-0.39, 0.29) is 41.4 Å². The Morgan fingerprint density at radius 1 is 0.500 bits per heavy atom. The van der Waals surface area contributed by atoms with Crippen molar-refractivity contribution >= 4 is 23.9 Å². The first kappa shape index (κ1) is 47.4. The van der Waals surface area contributed by atoms with Gasteiger partial charge in [0.2, 0.25) is 0 Å². The van der Waals surface area contributed by atoms with E-state index in [9.17, 15) is 29.4 Å². The van der Waals surface area contributed by atoms with Gasteiger partial charge in [0.15, 0.2) is 0 Å². The molecule has 4 aromatic carbocycles. The van der Waals surface area contributed by atoms with Gasteiger partial charge in [-0.25, -0.2) is 0 Å². The molecule has 6 rings (SSSR count). The molecule has 0 amide bonds. The van der Waals surface area contributed by atoms with Crippen LogP contribution in [0.4, 0.5) is 0 Å². The second kappa shape index (κ2) is 18.4. The largest absolute Gasteiger partial charge is 0.508 e. The fourth-order valence-electron chi connectivity index (χ4n) is 8.74. The summed E-state index contributed by atoms with van der Waals surface area (Å²) in [7, 11) is 0. The Bertz CT molecular complexity index is 2220. The maximum Gasteiger partial charge on any atom is 0.317 e. The van der Waals surface area contributed by atoms with Crippen molar-refractivity contribution in [2.75, 3.05) is 0 Å². The highest BCUT2D eigenvalue weighted by Crippen LogP contribution is 2.44. The van der Waals surface area contributed by atoms with Crippen LogP contribution >= 0.6 is 0 Å². The highest BCUT2D eigenvalue weighted by molar-refractivity contribution is 5.83. The number of hydrogen-bond donors (Lipinski definition) is 2. The lowest BCUT2D eigenvalue weighted by molar-refractivity contribution is -0.177. The number of benzene rings is 4. The number of ether oxygens (including phenoxy) is 4. The molecule has 2 unspecified atom stereocenters. The molecule has 62 heavy (non-hydrogen) atoms. The number of fused-ring (bicyclic) bond motifs is 2. The van der Waals surface area contributed by atoms with E-state index in [1.807, 2.05) is 72.7 Å². The van der Waals surface area contributed by atoms with Crippen molar-refractivity contribution in [3.05, 3.63) is 119 Å². The molecule has 332 valence electrons. The topological polar surface area (TPSA) is 146 Å². The predicted octanol–water partition coefficient (Wildman–Crippen LogP) is 10.5. The summed E-state index contributed by atoms with van der Waals surface area (Å²) in [6.07, 6.45) is 4.50. The minimum Gasteiger partial charge on any atom is -0.508 e. The molecule has 0 saturated heterocycles. The van der Waals surface area contributed by atoms with E-state index in [0.717, 1.165) is 25.7 Å². The molecule has 0 bridgehead atoms. The van der Waals surface area contributed by atoms with E-state index >= 15 is 0 Å². The third kappa shape index (κ3) is 11.4. The zero-order valence-corrected chi connectivity index (χ0v) is 38.1. The summed E-state index contributed by atoms with van der Waals surface area (Å²) in [5.74, 6) is -1.01. The number of hydrogen-bond acceptors (Lipinski definition) is 10. The highest BCUT2D eigenvalue weighted by atomic mass is 16.6. The molecule has 2 aliphatic carbocycles. The molecule has 0 aromatic heterocycles. The van der Waals surface area contributed by atoms with Gasteiger partial charge in [0.1, 0.15) is 34.2 Å². The average Bonchev–Trinajstić information content (AvgIpc) is 3.72. The Morgan fingerprint density at radius 2 is 0.839 bits per heavy atom. The molecular weight excluding hydrogens is 785 g/mol. The Kier molecular flexibility index (Phi) is 14.0. The van der Waals surface area contributed by atoms with Gasteiger partial charge in [0, 0.05) is 37.8 Å². The maximum atomic E-state index is 13.5. The Labute approximate surface area is 367 Å². The molecule has 0 spiro atoms. The van der Waals surface area contributed by atoms with Crippen LogP contribution in [0.15, 0.2) is 97.1 Å². The molecule has 0 fully saturated rings. The van der Waals surface area contributed by atoms with Crippen LogP contribution in [0.3, 0.4) is 0 Å². The minimum atomic E-state index is -0.978. The van der Waals surface area contributed by atoms with E-state index in [1.54, 1.807) is 45.0 Å². The Morgan fingerprint density at radius 3 is 1.21 bits per heavy atom. The van der Waals surface area contributed by atoms with Gasteiger partial charge in [-0.3, -0.25) is 19.2 Å². The predicted molar refractivity (Wildman–Crippen MR) is 238 cm³/mol. The number of phenols is 2. The van der Waals surface area contributed by atoms with E-state index in [1.165, 1.54) is 46.5 Å². The monoisotopic (exact) mass is 848 g/mol. The van der Waals surface area contributed by atoms with Crippen LogP contribution in [0.5, 0.6) is 23.0 Å². The zero-order chi connectivity index (χ0) is 45.7. The fraction of sp³-hybridized carbons (Fsp3) is 0.462. The highest BCUT2D eigenvalue weighted by Gasteiger charge is 2.48. The molecule has 2 atom stereocenters. The molecule has 0 saturated carbocycles. The number of rotatable bonds is 14. The van der Waals surface area contributed by atoms with Crippen molar-refractivity contribution in [1.82, 2.24) is 0 Å². The van der Waals surface area contributed by atoms with Crippen LogP contribution in [0.25, 0.3) is 0 Å². The van der Waals surface area contributed by atoms with Crippen LogP contribution in [0, 0.1) is 21.7 Å². The first-order valence-electron chi connectivity index (χ1n) is 21.6. The number of aromatic hydroxyl groups is 2. The summed E-state index contributed by atoms with van der Waals surface area (Å²) in [6, 6.07) is 28.5. The second-order valence-electron chi connectivity index (χ2n) is 19.6. The lowest BCUT2D eigenvalue weighted by Gasteiger charge is -2.38. The van der Waals surface area contributed by atoms with Crippen LogP contribution in [-0.2, 0) is 54.3 Å². The van der Waals surface area contributed by atoms with Gasteiger partial charge in [-0.05, 0) is 128 Å². The number of phenolic OH excluding ortho intramolecular Hbond substituents is 2. The summed E-state index contributed by atoms with van der Waals surface area (Å²) in [5, 5.41) is 19.0. The van der Waals surface area contributed by atoms with Gasteiger partial charge in [-0.15, -0.1) is 0 Å². The third-order valence-corrected chi connectivity index (χ3v) is 12.5. The van der Waals surface area contributed by atoms with Crippen molar-refractivity contribution in [2.45, 2.75) is 132 Å². The normalized spacial score (nSPS) is 16.8. The Balaban J connectivity index is 0.000000239.